The number of rotatable bonds is 4. The third-order valence-electron chi connectivity index (χ3n) is 6.42. The molecule has 2 aromatic rings. The molecule has 0 radical (unpaired) electrons. The Labute approximate surface area is 189 Å². The smallest absolute Gasteiger partial charge is 0.444 e. The van der Waals surface area contributed by atoms with Crippen molar-refractivity contribution in [3.8, 4) is 0 Å². The Morgan fingerprint density at radius 3 is 2.44 bits per heavy atom. The molecule has 4 rings (SSSR count). The second-order valence-electron chi connectivity index (χ2n) is 10.8. The number of ether oxygens (including phenoxy) is 1. The molecule has 0 unspecified atom stereocenters. The van der Waals surface area contributed by atoms with Crippen LogP contribution in [0.2, 0.25) is 0 Å². The van der Waals surface area contributed by atoms with E-state index in [4.69, 9.17) is 18.5 Å². The number of benzene rings is 1. The Kier molecular flexibility index (Phi) is 5.70. The van der Waals surface area contributed by atoms with Gasteiger partial charge in [-0.2, -0.15) is 4.98 Å². The number of amides is 1. The molecule has 2 N–H and O–H groups in total. The van der Waals surface area contributed by atoms with Crippen LogP contribution < -0.4 is 16.1 Å². The Morgan fingerprint density at radius 1 is 1.12 bits per heavy atom. The highest BCUT2D eigenvalue weighted by Gasteiger charge is 2.51. The summed E-state index contributed by atoms with van der Waals surface area (Å²) in [6, 6.07) is 6.54. The first-order valence-corrected chi connectivity index (χ1v) is 11.3. The lowest BCUT2D eigenvalue weighted by Crippen LogP contribution is -2.41. The van der Waals surface area contributed by atoms with Crippen LogP contribution in [0.5, 0.6) is 0 Å². The van der Waals surface area contributed by atoms with Crippen LogP contribution in [0.25, 0.3) is 11.1 Å². The van der Waals surface area contributed by atoms with Crippen molar-refractivity contribution in [2.24, 2.45) is 0 Å². The zero-order valence-corrected chi connectivity index (χ0v) is 20.1. The highest BCUT2D eigenvalue weighted by molar-refractivity contribution is 6.62. The number of carbonyl (C=O) groups excluding carboxylic acids is 1. The zero-order chi connectivity index (χ0) is 23.3. The summed E-state index contributed by atoms with van der Waals surface area (Å²) >= 11 is 0. The molecule has 1 aliphatic heterocycles. The Balaban J connectivity index is 1.38. The van der Waals surface area contributed by atoms with Crippen molar-refractivity contribution >= 4 is 35.8 Å². The van der Waals surface area contributed by atoms with E-state index in [0.29, 0.717) is 11.6 Å². The fourth-order valence-corrected chi connectivity index (χ4v) is 4.02. The van der Waals surface area contributed by atoms with Gasteiger partial charge in [0.2, 0.25) is 0 Å². The van der Waals surface area contributed by atoms with Gasteiger partial charge < -0.3 is 29.1 Å². The van der Waals surface area contributed by atoms with Gasteiger partial charge in [-0.25, -0.2) is 4.79 Å². The van der Waals surface area contributed by atoms with Crippen LogP contribution in [0, 0.1) is 0 Å². The molecule has 1 aromatic heterocycles. The number of fused-ring (bicyclic) bond motifs is 1. The second kappa shape index (κ2) is 7.95. The van der Waals surface area contributed by atoms with Crippen molar-refractivity contribution in [3.63, 3.8) is 0 Å². The normalized spacial score (nSPS) is 24.7. The van der Waals surface area contributed by atoms with Crippen LogP contribution in [0.3, 0.4) is 0 Å². The molecule has 1 aliphatic carbocycles. The largest absolute Gasteiger partial charge is 0.494 e. The number of oxazole rings is 1. The summed E-state index contributed by atoms with van der Waals surface area (Å²) in [6.45, 7) is 13.7. The molecular formula is C23H34BN3O5. The molecule has 2 aliphatic rings. The first-order chi connectivity index (χ1) is 14.8. The highest BCUT2D eigenvalue weighted by Crippen LogP contribution is 2.36. The van der Waals surface area contributed by atoms with E-state index in [1.54, 1.807) is 0 Å². The van der Waals surface area contributed by atoms with Gasteiger partial charge in [-0.3, -0.25) is 0 Å². The molecule has 1 saturated heterocycles. The van der Waals surface area contributed by atoms with Crippen LogP contribution in [0.15, 0.2) is 22.6 Å². The van der Waals surface area contributed by atoms with Crippen LogP contribution in [0.4, 0.5) is 10.8 Å². The van der Waals surface area contributed by atoms with Crippen LogP contribution in [-0.4, -0.2) is 47.1 Å². The van der Waals surface area contributed by atoms with Crippen molar-refractivity contribution < 1.29 is 23.3 Å². The van der Waals surface area contributed by atoms with Gasteiger partial charge in [-0.05, 0) is 85.3 Å². The molecule has 2 fully saturated rings. The third-order valence-corrected chi connectivity index (χ3v) is 6.42. The summed E-state index contributed by atoms with van der Waals surface area (Å²) in [4.78, 5) is 16.6. The predicted octanol–water partition coefficient (Wildman–Crippen LogP) is 3.98. The van der Waals surface area contributed by atoms with Gasteiger partial charge in [0.25, 0.3) is 6.01 Å². The van der Waals surface area contributed by atoms with E-state index in [9.17, 15) is 4.79 Å². The Morgan fingerprint density at radius 2 is 1.78 bits per heavy atom. The van der Waals surface area contributed by atoms with Gasteiger partial charge in [-0.15, -0.1) is 0 Å². The van der Waals surface area contributed by atoms with Gasteiger partial charge in [-0.1, -0.05) is 6.07 Å². The molecule has 0 bridgehead atoms. The average molecular weight is 443 g/mol. The number of nitrogens with zero attached hydrogens (tertiary/aromatic N) is 1. The van der Waals surface area contributed by atoms with Crippen molar-refractivity contribution in [2.75, 3.05) is 5.32 Å². The molecule has 8 nitrogen and oxygen atoms in total. The van der Waals surface area contributed by atoms with E-state index in [1.165, 1.54) is 0 Å². The minimum atomic E-state index is -0.503. The van der Waals surface area contributed by atoms with Crippen LogP contribution >= 0.6 is 0 Å². The minimum absolute atomic E-state index is 0.0710. The lowest BCUT2D eigenvalue weighted by Gasteiger charge is -2.32. The predicted molar refractivity (Wildman–Crippen MR) is 124 cm³/mol. The number of aromatic nitrogens is 1. The van der Waals surface area contributed by atoms with Crippen LogP contribution in [-0.2, 0) is 14.0 Å². The topological polar surface area (TPSA) is 94.9 Å². The Bertz CT molecular complexity index is 981. The quantitative estimate of drug-likeness (QED) is 0.690. The molecule has 1 amide bonds. The lowest BCUT2D eigenvalue weighted by atomic mass is 9.79. The molecule has 174 valence electrons. The summed E-state index contributed by atoms with van der Waals surface area (Å²) < 4.78 is 23.6. The van der Waals surface area contributed by atoms with Gasteiger partial charge in [0.05, 0.1) is 11.2 Å². The first-order valence-electron chi connectivity index (χ1n) is 11.3. The van der Waals surface area contributed by atoms with E-state index < -0.39 is 23.9 Å². The molecule has 2 atom stereocenters. The fourth-order valence-electron chi connectivity index (χ4n) is 4.02. The number of anilines is 1. The van der Waals surface area contributed by atoms with E-state index >= 15 is 0 Å². The summed E-state index contributed by atoms with van der Waals surface area (Å²) in [6.07, 6.45) is 2.21. The maximum atomic E-state index is 12.0. The lowest BCUT2D eigenvalue weighted by molar-refractivity contribution is 0.00578. The van der Waals surface area contributed by atoms with Gasteiger partial charge >= 0.3 is 13.2 Å². The molecule has 0 spiro atoms. The van der Waals surface area contributed by atoms with Crippen molar-refractivity contribution in [1.29, 1.82) is 0 Å². The van der Waals surface area contributed by atoms with Crippen molar-refractivity contribution in [2.45, 2.75) is 96.6 Å². The number of hydrogen-bond acceptors (Lipinski definition) is 7. The fraction of sp³-hybridized carbons (Fsp3) is 0.652. The summed E-state index contributed by atoms with van der Waals surface area (Å²) in [5, 5.41) is 6.31. The minimum Gasteiger partial charge on any atom is -0.444 e. The highest BCUT2D eigenvalue weighted by atomic mass is 16.7. The number of nitrogens with one attached hydrogen (secondary N) is 2. The summed E-state index contributed by atoms with van der Waals surface area (Å²) in [7, 11) is -0.444. The summed E-state index contributed by atoms with van der Waals surface area (Å²) in [5.41, 5.74) is 1.06. The molecular weight excluding hydrogens is 409 g/mol. The standard InChI is InChI=1S/C23H34BN3O5/c1-21(2,3)30-20(28)26-16-10-9-15(13-16)25-19-27-17-11-8-14(12-18(17)29-19)24-31-22(4,5)23(6,7)32-24/h8,11-12,15-16H,9-10,13H2,1-7H3,(H,25,27)(H,26,28)/t15-,16-/m0/s1. The van der Waals surface area contributed by atoms with Crippen LogP contribution in [0.1, 0.15) is 67.7 Å². The second-order valence-corrected chi connectivity index (χ2v) is 10.8. The molecule has 1 saturated carbocycles. The zero-order valence-electron chi connectivity index (χ0n) is 20.1. The number of hydrogen-bond donors (Lipinski definition) is 2. The first kappa shape index (κ1) is 22.9. The van der Waals surface area contributed by atoms with E-state index in [-0.39, 0.29) is 18.2 Å². The molecule has 9 heteroatoms. The summed E-state index contributed by atoms with van der Waals surface area (Å²) in [5.74, 6) is 0. The number of carbonyl (C=O) groups is 1. The van der Waals surface area contributed by atoms with Crippen molar-refractivity contribution in [3.05, 3.63) is 18.2 Å². The average Bonchev–Trinajstić information content (AvgIpc) is 3.29. The molecule has 2 heterocycles. The van der Waals surface area contributed by atoms with E-state index in [1.807, 2.05) is 66.7 Å². The van der Waals surface area contributed by atoms with Gasteiger partial charge in [0.15, 0.2) is 5.58 Å². The monoisotopic (exact) mass is 443 g/mol. The van der Waals surface area contributed by atoms with E-state index in [0.717, 1.165) is 30.2 Å². The van der Waals surface area contributed by atoms with E-state index in [2.05, 4.69) is 15.6 Å². The molecule has 1 aromatic carbocycles. The maximum Gasteiger partial charge on any atom is 0.494 e. The SMILES string of the molecule is CC(C)(C)OC(=O)N[C@H]1CC[C@H](Nc2nc3ccc(B4OC(C)(C)C(C)(C)O4)cc3o2)C1. The van der Waals surface area contributed by atoms with Crippen molar-refractivity contribution in [1.82, 2.24) is 10.3 Å². The van der Waals surface area contributed by atoms with Gasteiger partial charge in [0, 0.05) is 12.1 Å². The molecule has 32 heavy (non-hydrogen) atoms. The van der Waals surface area contributed by atoms with Gasteiger partial charge in [0.1, 0.15) is 11.1 Å². The Hall–Kier alpha value is -2.26. The number of alkyl carbamates (subject to hydrolysis) is 1. The maximum absolute atomic E-state index is 12.0. The third kappa shape index (κ3) is 4.88.